The van der Waals surface area contributed by atoms with Gasteiger partial charge in [-0.2, -0.15) is 0 Å². The van der Waals surface area contributed by atoms with Gasteiger partial charge in [-0.3, -0.25) is 10.1 Å². The Morgan fingerprint density at radius 2 is 2.15 bits per heavy atom. The molecule has 0 fully saturated rings. The van der Waals surface area contributed by atoms with Gasteiger partial charge in [-0.15, -0.1) is 0 Å². The Morgan fingerprint density at radius 3 is 2.75 bits per heavy atom. The summed E-state index contributed by atoms with van der Waals surface area (Å²) in [7, 11) is 0. The van der Waals surface area contributed by atoms with Gasteiger partial charge in [0.15, 0.2) is 0 Å². The van der Waals surface area contributed by atoms with Gasteiger partial charge in [-0.1, -0.05) is 39.2 Å². The lowest BCUT2D eigenvalue weighted by atomic mass is 10.0. The fraction of sp³-hybridized carbons (Fsp3) is 0.600. The number of nitrogen functional groups attached to an aromatic ring is 1. The maximum Gasteiger partial charge on any atom is 0.292 e. The number of ether oxygens (including phenoxy) is 1. The third-order valence-corrected chi connectivity index (χ3v) is 3.46. The molecule has 1 atom stereocenters. The second-order valence-corrected chi connectivity index (χ2v) is 5.08. The zero-order valence-corrected chi connectivity index (χ0v) is 12.3. The van der Waals surface area contributed by atoms with Crippen LogP contribution >= 0.6 is 0 Å². The van der Waals surface area contributed by atoms with Crippen LogP contribution < -0.4 is 5.73 Å². The summed E-state index contributed by atoms with van der Waals surface area (Å²) in [6, 6.07) is 4.82. The van der Waals surface area contributed by atoms with E-state index in [0.29, 0.717) is 19.1 Å². The van der Waals surface area contributed by atoms with Crippen molar-refractivity contribution in [3.05, 3.63) is 33.9 Å². The Kier molecular flexibility index (Phi) is 7.01. The highest BCUT2D eigenvalue weighted by Gasteiger charge is 2.12. The van der Waals surface area contributed by atoms with Crippen LogP contribution in [0.1, 0.15) is 45.1 Å². The van der Waals surface area contributed by atoms with Crippen LogP contribution in [0.2, 0.25) is 0 Å². The maximum atomic E-state index is 10.8. The molecule has 1 unspecified atom stereocenters. The monoisotopic (exact) mass is 280 g/mol. The first-order chi connectivity index (χ1) is 9.58. The molecule has 5 heteroatoms. The smallest absolute Gasteiger partial charge is 0.292 e. The van der Waals surface area contributed by atoms with E-state index in [0.717, 1.165) is 12.0 Å². The summed E-state index contributed by atoms with van der Waals surface area (Å²) in [6.45, 7) is 5.44. The molecule has 0 aliphatic heterocycles. The summed E-state index contributed by atoms with van der Waals surface area (Å²) in [5, 5.41) is 10.8. The number of nitrogens with zero attached hydrogens (tertiary/aromatic N) is 1. The van der Waals surface area contributed by atoms with Crippen LogP contribution in [0, 0.1) is 16.0 Å². The molecule has 0 saturated carbocycles. The third-order valence-electron chi connectivity index (χ3n) is 3.46. The van der Waals surface area contributed by atoms with Gasteiger partial charge in [0.1, 0.15) is 5.69 Å². The topological polar surface area (TPSA) is 78.4 Å². The lowest BCUT2D eigenvalue weighted by molar-refractivity contribution is -0.384. The summed E-state index contributed by atoms with van der Waals surface area (Å²) in [5.41, 5.74) is 6.49. The molecule has 1 aromatic carbocycles. The van der Waals surface area contributed by atoms with Crippen LogP contribution in [-0.4, -0.2) is 11.5 Å². The van der Waals surface area contributed by atoms with E-state index in [2.05, 4.69) is 13.8 Å². The number of unbranched alkanes of at least 4 members (excludes halogenated alkanes) is 1. The predicted molar refractivity (Wildman–Crippen MR) is 80.5 cm³/mol. The number of hydrogen-bond acceptors (Lipinski definition) is 4. The van der Waals surface area contributed by atoms with Crippen LogP contribution in [-0.2, 0) is 11.3 Å². The molecule has 0 radical (unpaired) electrons. The van der Waals surface area contributed by atoms with Crippen LogP contribution in [0.3, 0.4) is 0 Å². The highest BCUT2D eigenvalue weighted by Crippen LogP contribution is 2.23. The highest BCUT2D eigenvalue weighted by molar-refractivity contribution is 5.59. The first kappa shape index (κ1) is 16.4. The SMILES string of the molecule is CCCCC(CC)COCc1ccc(N)c([N+](=O)[O-])c1. The van der Waals surface area contributed by atoms with Crippen molar-refractivity contribution in [1.82, 2.24) is 0 Å². The number of nitro groups is 1. The van der Waals surface area contributed by atoms with E-state index < -0.39 is 4.92 Å². The molecule has 0 amide bonds. The van der Waals surface area contributed by atoms with Gasteiger partial charge >= 0.3 is 0 Å². The molecule has 0 bridgehead atoms. The number of nitrogens with two attached hydrogens (primary N) is 1. The van der Waals surface area contributed by atoms with Crippen LogP contribution in [0.15, 0.2) is 18.2 Å². The molecular formula is C15H24N2O3. The Labute approximate surface area is 120 Å². The zero-order valence-electron chi connectivity index (χ0n) is 12.3. The van der Waals surface area contributed by atoms with Crippen molar-refractivity contribution >= 4 is 11.4 Å². The summed E-state index contributed by atoms with van der Waals surface area (Å²) in [6.07, 6.45) is 4.69. The first-order valence-electron chi connectivity index (χ1n) is 7.19. The van der Waals surface area contributed by atoms with Crippen molar-refractivity contribution in [1.29, 1.82) is 0 Å². The molecule has 2 N–H and O–H groups in total. The van der Waals surface area contributed by atoms with E-state index in [-0.39, 0.29) is 11.4 Å². The minimum atomic E-state index is -0.463. The van der Waals surface area contributed by atoms with Crippen molar-refractivity contribution in [2.75, 3.05) is 12.3 Å². The lowest BCUT2D eigenvalue weighted by Gasteiger charge is -2.14. The van der Waals surface area contributed by atoms with Crippen molar-refractivity contribution < 1.29 is 9.66 Å². The number of benzene rings is 1. The number of anilines is 1. The summed E-state index contributed by atoms with van der Waals surface area (Å²) in [4.78, 5) is 10.3. The van der Waals surface area contributed by atoms with Crippen molar-refractivity contribution in [3.63, 3.8) is 0 Å². The Bertz CT molecular complexity index is 435. The van der Waals surface area contributed by atoms with Gasteiger partial charge in [-0.05, 0) is 24.0 Å². The van der Waals surface area contributed by atoms with E-state index in [1.54, 1.807) is 12.1 Å². The van der Waals surface area contributed by atoms with Crippen LogP contribution in [0.4, 0.5) is 11.4 Å². The highest BCUT2D eigenvalue weighted by atomic mass is 16.6. The molecule has 1 rings (SSSR count). The number of rotatable bonds is 9. The Morgan fingerprint density at radius 1 is 1.40 bits per heavy atom. The number of hydrogen-bond donors (Lipinski definition) is 1. The van der Waals surface area contributed by atoms with Gasteiger partial charge in [0, 0.05) is 12.7 Å². The van der Waals surface area contributed by atoms with E-state index >= 15 is 0 Å². The lowest BCUT2D eigenvalue weighted by Crippen LogP contribution is -2.09. The fourth-order valence-corrected chi connectivity index (χ4v) is 2.08. The molecule has 1 aromatic rings. The molecule has 0 aliphatic carbocycles. The fourth-order valence-electron chi connectivity index (χ4n) is 2.08. The Hall–Kier alpha value is -1.62. The molecular weight excluding hydrogens is 256 g/mol. The quantitative estimate of drug-likeness (QED) is 0.422. The van der Waals surface area contributed by atoms with Crippen molar-refractivity contribution in [2.45, 2.75) is 46.1 Å². The molecule has 0 aromatic heterocycles. The molecule has 112 valence electrons. The molecule has 0 saturated heterocycles. The van der Waals surface area contributed by atoms with Crippen molar-refractivity contribution in [3.8, 4) is 0 Å². The normalized spacial score (nSPS) is 12.3. The standard InChI is InChI=1S/C15H24N2O3/c1-3-5-6-12(4-2)10-20-11-13-7-8-14(16)15(9-13)17(18)19/h7-9,12H,3-6,10-11,16H2,1-2H3. The largest absolute Gasteiger partial charge is 0.393 e. The summed E-state index contributed by atoms with van der Waals surface area (Å²) < 4.78 is 5.68. The van der Waals surface area contributed by atoms with Gasteiger partial charge in [0.2, 0.25) is 0 Å². The average molecular weight is 280 g/mol. The molecule has 0 spiro atoms. The first-order valence-corrected chi connectivity index (χ1v) is 7.19. The number of nitro benzene ring substituents is 1. The molecule has 0 aliphatic rings. The third kappa shape index (κ3) is 5.17. The van der Waals surface area contributed by atoms with E-state index in [1.807, 2.05) is 0 Å². The van der Waals surface area contributed by atoms with Crippen molar-refractivity contribution in [2.24, 2.45) is 5.92 Å². The molecule has 20 heavy (non-hydrogen) atoms. The minimum absolute atomic E-state index is 0.0517. The van der Waals surface area contributed by atoms with Gasteiger partial charge in [0.25, 0.3) is 5.69 Å². The predicted octanol–water partition coefficient (Wildman–Crippen LogP) is 3.91. The average Bonchev–Trinajstić information content (AvgIpc) is 2.44. The van der Waals surface area contributed by atoms with Gasteiger partial charge in [-0.25, -0.2) is 0 Å². The Balaban J connectivity index is 2.49. The molecule has 0 heterocycles. The summed E-state index contributed by atoms with van der Waals surface area (Å²) >= 11 is 0. The van der Waals surface area contributed by atoms with E-state index in [1.165, 1.54) is 25.3 Å². The second kappa shape index (κ2) is 8.53. The maximum absolute atomic E-state index is 10.8. The van der Waals surface area contributed by atoms with Gasteiger partial charge < -0.3 is 10.5 Å². The molecule has 5 nitrogen and oxygen atoms in total. The second-order valence-electron chi connectivity index (χ2n) is 5.08. The van der Waals surface area contributed by atoms with Crippen LogP contribution in [0.5, 0.6) is 0 Å². The van der Waals surface area contributed by atoms with E-state index in [9.17, 15) is 10.1 Å². The van der Waals surface area contributed by atoms with Crippen LogP contribution in [0.25, 0.3) is 0 Å². The zero-order chi connectivity index (χ0) is 15.0. The minimum Gasteiger partial charge on any atom is -0.393 e. The van der Waals surface area contributed by atoms with Gasteiger partial charge in [0.05, 0.1) is 11.5 Å². The summed E-state index contributed by atoms with van der Waals surface area (Å²) in [5.74, 6) is 0.568. The van der Waals surface area contributed by atoms with E-state index in [4.69, 9.17) is 10.5 Å².